The summed E-state index contributed by atoms with van der Waals surface area (Å²) in [6, 6.07) is 0. The van der Waals surface area contributed by atoms with Gasteiger partial charge in [-0.1, -0.05) is 73.3 Å². The fraction of sp³-hybridized carbons (Fsp3) is 0.857. The van der Waals surface area contributed by atoms with Gasteiger partial charge in [-0.2, -0.15) is 0 Å². The molecule has 0 saturated heterocycles. The smallest absolute Gasteiger partial charge is 0.0325 e. The van der Waals surface area contributed by atoms with Gasteiger partial charge >= 0.3 is 0 Å². The van der Waals surface area contributed by atoms with Gasteiger partial charge in [0.15, 0.2) is 0 Å². The quantitative estimate of drug-likeness (QED) is 0.501. The highest BCUT2D eigenvalue weighted by atomic mass is 14.0. The molecule has 0 aliphatic rings. The molecule has 0 atom stereocenters. The topological polar surface area (TPSA) is 0 Å². The molecule has 0 saturated carbocycles. The Hall–Kier alpha value is -0.260. The van der Waals surface area contributed by atoms with Crippen LogP contribution in [0.5, 0.6) is 0 Å². The van der Waals surface area contributed by atoms with Crippen LogP contribution in [-0.4, -0.2) is 0 Å². The lowest BCUT2D eigenvalue weighted by molar-refractivity contribution is 0.500. The first-order valence-corrected chi connectivity index (χ1v) is 6.28. The van der Waals surface area contributed by atoms with Gasteiger partial charge < -0.3 is 0 Å². The van der Waals surface area contributed by atoms with Crippen LogP contribution in [0.4, 0.5) is 0 Å². The predicted molar refractivity (Wildman–Crippen MR) is 70.8 cm³/mol. The molecule has 0 rings (SSSR count). The Morgan fingerprint density at radius 3 is 1.21 bits per heavy atom. The normalized spacial score (nSPS) is 8.21. The summed E-state index contributed by atoms with van der Waals surface area (Å²) in [6.07, 6.45) is 8.29. The Morgan fingerprint density at radius 1 is 0.857 bits per heavy atom. The molecular formula is C14H32. The van der Waals surface area contributed by atoms with E-state index >= 15 is 0 Å². The highest BCUT2D eigenvalue weighted by Crippen LogP contribution is 2.11. The van der Waals surface area contributed by atoms with Crippen molar-refractivity contribution in [3.05, 3.63) is 12.7 Å². The van der Waals surface area contributed by atoms with E-state index in [-0.39, 0.29) is 0 Å². The van der Waals surface area contributed by atoms with Crippen LogP contribution in [0.25, 0.3) is 0 Å². The number of rotatable bonds is 4. The Labute approximate surface area is 92.8 Å². The zero-order valence-electron chi connectivity index (χ0n) is 11.4. The zero-order valence-corrected chi connectivity index (χ0v) is 11.4. The first-order chi connectivity index (χ1) is 6.67. The van der Waals surface area contributed by atoms with Crippen LogP contribution < -0.4 is 0 Å². The van der Waals surface area contributed by atoms with Crippen molar-refractivity contribution in [2.45, 2.75) is 73.6 Å². The molecule has 0 N–H and O–H groups in total. The van der Waals surface area contributed by atoms with Gasteiger partial charge in [0, 0.05) is 0 Å². The number of allylic oxidation sites excluding steroid dienone is 1. The summed E-state index contributed by atoms with van der Waals surface area (Å²) in [7, 11) is 0. The van der Waals surface area contributed by atoms with Crippen molar-refractivity contribution in [3.8, 4) is 0 Å². The van der Waals surface area contributed by atoms with Crippen molar-refractivity contribution < 1.29 is 0 Å². The lowest BCUT2D eigenvalue weighted by atomic mass is 10.00. The maximum Gasteiger partial charge on any atom is -0.0325 e. The second-order valence-corrected chi connectivity index (χ2v) is 3.62. The molecule has 14 heavy (non-hydrogen) atoms. The number of hydrogen-bond donors (Lipinski definition) is 0. The van der Waals surface area contributed by atoms with Crippen molar-refractivity contribution in [1.29, 1.82) is 0 Å². The van der Waals surface area contributed by atoms with Crippen molar-refractivity contribution in [1.82, 2.24) is 0 Å². The van der Waals surface area contributed by atoms with E-state index in [1.807, 2.05) is 6.08 Å². The third kappa shape index (κ3) is 29.8. The fourth-order valence-electron chi connectivity index (χ4n) is 0.858. The average molecular weight is 200 g/mol. The van der Waals surface area contributed by atoms with E-state index in [0.717, 1.165) is 5.92 Å². The Morgan fingerprint density at radius 2 is 1.14 bits per heavy atom. The van der Waals surface area contributed by atoms with E-state index in [9.17, 15) is 0 Å². The van der Waals surface area contributed by atoms with Crippen LogP contribution in [0.15, 0.2) is 12.7 Å². The molecule has 0 unspecified atom stereocenters. The molecule has 0 aromatic heterocycles. The van der Waals surface area contributed by atoms with Gasteiger partial charge in [0.1, 0.15) is 0 Å². The summed E-state index contributed by atoms with van der Waals surface area (Å²) in [6.45, 7) is 16.7. The van der Waals surface area contributed by atoms with Crippen LogP contribution in [0, 0.1) is 5.92 Å². The summed E-state index contributed by atoms with van der Waals surface area (Å²) in [5, 5.41) is 0. The SMILES string of the molecule is C=CCC(CC)CC.CCC.CCC. The van der Waals surface area contributed by atoms with Gasteiger partial charge in [-0.25, -0.2) is 0 Å². The highest BCUT2D eigenvalue weighted by molar-refractivity contribution is 4.70. The van der Waals surface area contributed by atoms with E-state index in [1.165, 1.54) is 32.1 Å². The van der Waals surface area contributed by atoms with Gasteiger partial charge in [0.2, 0.25) is 0 Å². The van der Waals surface area contributed by atoms with Crippen molar-refractivity contribution in [2.75, 3.05) is 0 Å². The van der Waals surface area contributed by atoms with Crippen LogP contribution in [0.3, 0.4) is 0 Å². The summed E-state index contributed by atoms with van der Waals surface area (Å²) >= 11 is 0. The van der Waals surface area contributed by atoms with Crippen LogP contribution in [0.1, 0.15) is 73.6 Å². The lowest BCUT2D eigenvalue weighted by Crippen LogP contribution is -1.92. The molecule has 0 spiro atoms. The molecule has 0 radical (unpaired) electrons. The van der Waals surface area contributed by atoms with Gasteiger partial charge in [-0.3, -0.25) is 0 Å². The molecule has 0 aromatic rings. The molecule has 0 fully saturated rings. The predicted octanol–water partition coefficient (Wildman–Crippen LogP) is 5.83. The van der Waals surface area contributed by atoms with Gasteiger partial charge in [-0.15, -0.1) is 6.58 Å². The molecule has 0 aliphatic heterocycles. The van der Waals surface area contributed by atoms with Crippen LogP contribution >= 0.6 is 0 Å². The third-order valence-corrected chi connectivity index (χ3v) is 1.65. The fourth-order valence-corrected chi connectivity index (χ4v) is 0.858. The highest BCUT2D eigenvalue weighted by Gasteiger charge is 1.97. The minimum atomic E-state index is 0.882. The van der Waals surface area contributed by atoms with Crippen LogP contribution in [0.2, 0.25) is 0 Å². The summed E-state index contributed by atoms with van der Waals surface area (Å²) in [4.78, 5) is 0. The minimum Gasteiger partial charge on any atom is -0.103 e. The zero-order chi connectivity index (χ0) is 11.8. The Kier molecular flexibility index (Phi) is 31.7. The Bertz CT molecular complexity index is 68.1. The Balaban J connectivity index is -0.000000168. The molecule has 0 heteroatoms. The molecule has 0 heterocycles. The van der Waals surface area contributed by atoms with E-state index in [4.69, 9.17) is 0 Å². The molecule has 0 aliphatic carbocycles. The van der Waals surface area contributed by atoms with E-state index in [0.29, 0.717) is 0 Å². The maximum absolute atomic E-state index is 3.70. The maximum atomic E-state index is 3.70. The molecule has 0 amide bonds. The average Bonchev–Trinajstić information content (AvgIpc) is 2.17. The van der Waals surface area contributed by atoms with Crippen molar-refractivity contribution in [2.24, 2.45) is 5.92 Å². The van der Waals surface area contributed by atoms with E-state index in [1.54, 1.807) is 0 Å². The summed E-state index contributed by atoms with van der Waals surface area (Å²) < 4.78 is 0. The number of hydrogen-bond acceptors (Lipinski definition) is 0. The standard InChI is InChI=1S/C8H16.2C3H8/c1-4-7-8(5-2)6-3;2*1-3-2/h4,8H,1,5-7H2,2-3H3;2*3H2,1-2H3. The third-order valence-electron chi connectivity index (χ3n) is 1.65. The second-order valence-electron chi connectivity index (χ2n) is 3.62. The first kappa shape index (κ1) is 19.3. The van der Waals surface area contributed by atoms with Gasteiger partial charge in [-0.05, 0) is 12.3 Å². The molecule has 0 nitrogen and oxygen atoms in total. The lowest BCUT2D eigenvalue weighted by Gasteiger charge is -2.06. The molecule has 0 bridgehead atoms. The second kappa shape index (κ2) is 23.0. The van der Waals surface area contributed by atoms with Gasteiger partial charge in [0.25, 0.3) is 0 Å². The summed E-state index contributed by atoms with van der Waals surface area (Å²) in [5.41, 5.74) is 0. The molecule has 0 aromatic carbocycles. The van der Waals surface area contributed by atoms with E-state index < -0.39 is 0 Å². The molecule has 88 valence electrons. The molecular weight excluding hydrogens is 168 g/mol. The largest absolute Gasteiger partial charge is 0.103 e. The van der Waals surface area contributed by atoms with Gasteiger partial charge in [0.05, 0.1) is 0 Å². The van der Waals surface area contributed by atoms with Crippen molar-refractivity contribution in [3.63, 3.8) is 0 Å². The monoisotopic (exact) mass is 200 g/mol. The summed E-state index contributed by atoms with van der Waals surface area (Å²) in [5.74, 6) is 0.882. The first-order valence-electron chi connectivity index (χ1n) is 6.28. The van der Waals surface area contributed by atoms with E-state index in [2.05, 4.69) is 48.1 Å². The minimum absolute atomic E-state index is 0.882. The van der Waals surface area contributed by atoms with Crippen LogP contribution in [-0.2, 0) is 0 Å². The van der Waals surface area contributed by atoms with Crippen molar-refractivity contribution >= 4 is 0 Å².